The first-order valence-corrected chi connectivity index (χ1v) is 6.69. The normalized spacial score (nSPS) is 32.3. The molecule has 15 heavy (non-hydrogen) atoms. The van der Waals surface area contributed by atoms with Gasteiger partial charge in [0.1, 0.15) is 0 Å². The highest BCUT2D eigenvalue weighted by molar-refractivity contribution is 9.10. The molecule has 0 aromatic heterocycles. The van der Waals surface area contributed by atoms with Gasteiger partial charge in [-0.15, -0.1) is 0 Å². The zero-order chi connectivity index (χ0) is 10.7. The third-order valence-electron chi connectivity index (χ3n) is 3.30. The summed E-state index contributed by atoms with van der Waals surface area (Å²) in [4.78, 5) is 13.8. The van der Waals surface area contributed by atoms with Crippen molar-refractivity contribution in [2.75, 3.05) is 26.3 Å². The summed E-state index contributed by atoms with van der Waals surface area (Å²) in [6.07, 6.45) is 4.38. The van der Waals surface area contributed by atoms with Gasteiger partial charge in [0, 0.05) is 26.3 Å². The average Bonchev–Trinajstić information content (AvgIpc) is 2.73. The molecule has 0 bridgehead atoms. The number of carbonyl (C=O) groups excluding carboxylic acids is 1. The van der Waals surface area contributed by atoms with Gasteiger partial charge in [-0.2, -0.15) is 0 Å². The first kappa shape index (κ1) is 11.4. The van der Waals surface area contributed by atoms with Crippen LogP contribution in [0.15, 0.2) is 0 Å². The third-order valence-corrected chi connectivity index (χ3v) is 4.15. The second kappa shape index (κ2) is 5.30. The molecular formula is C11H18BrNO2. The first-order chi connectivity index (χ1) is 7.27. The Labute approximate surface area is 99.3 Å². The number of alkyl halides is 1. The second-order valence-electron chi connectivity index (χ2n) is 4.45. The predicted octanol–water partition coefficient (Wildman–Crippen LogP) is 1.80. The van der Waals surface area contributed by atoms with Crippen LogP contribution in [0, 0.1) is 5.92 Å². The number of piperidine rings is 1. The van der Waals surface area contributed by atoms with Crippen LogP contribution in [0.2, 0.25) is 0 Å². The molecule has 2 atom stereocenters. The molecule has 0 aromatic rings. The standard InChI is InChI=1S/C11H18BrNO2/c12-10-2-1-5-13(11(10)14)6-3-9-4-7-15-8-9/h9-10H,1-8H2. The molecule has 3 nitrogen and oxygen atoms in total. The van der Waals surface area contributed by atoms with E-state index in [4.69, 9.17) is 4.74 Å². The van der Waals surface area contributed by atoms with E-state index in [9.17, 15) is 4.79 Å². The highest BCUT2D eigenvalue weighted by Crippen LogP contribution is 2.21. The van der Waals surface area contributed by atoms with Crippen LogP contribution in [-0.2, 0) is 9.53 Å². The van der Waals surface area contributed by atoms with Crippen LogP contribution in [0.5, 0.6) is 0 Å². The maximum Gasteiger partial charge on any atom is 0.236 e. The molecule has 2 saturated heterocycles. The van der Waals surface area contributed by atoms with E-state index in [1.165, 1.54) is 6.42 Å². The summed E-state index contributed by atoms with van der Waals surface area (Å²) in [5, 5.41) is 0. The molecule has 4 heteroatoms. The molecule has 2 aliphatic heterocycles. The van der Waals surface area contributed by atoms with Crippen LogP contribution in [0.4, 0.5) is 0 Å². The zero-order valence-electron chi connectivity index (χ0n) is 8.95. The Balaban J connectivity index is 1.75. The minimum absolute atomic E-state index is 0.0612. The van der Waals surface area contributed by atoms with Gasteiger partial charge in [0.2, 0.25) is 5.91 Å². The number of nitrogens with zero attached hydrogens (tertiary/aromatic N) is 1. The fraction of sp³-hybridized carbons (Fsp3) is 0.909. The zero-order valence-corrected chi connectivity index (χ0v) is 10.5. The molecule has 2 heterocycles. The summed E-state index contributed by atoms with van der Waals surface area (Å²) in [7, 11) is 0. The minimum Gasteiger partial charge on any atom is -0.381 e. The predicted molar refractivity (Wildman–Crippen MR) is 62.1 cm³/mol. The number of halogens is 1. The molecular weight excluding hydrogens is 258 g/mol. The quantitative estimate of drug-likeness (QED) is 0.736. The Morgan fingerprint density at radius 3 is 3.07 bits per heavy atom. The van der Waals surface area contributed by atoms with Crippen molar-refractivity contribution in [3.05, 3.63) is 0 Å². The number of rotatable bonds is 3. The average molecular weight is 276 g/mol. The van der Waals surface area contributed by atoms with Gasteiger partial charge in [0.15, 0.2) is 0 Å². The number of carbonyl (C=O) groups is 1. The Hall–Kier alpha value is -0.0900. The fourth-order valence-electron chi connectivity index (χ4n) is 2.26. The molecule has 0 radical (unpaired) electrons. The lowest BCUT2D eigenvalue weighted by Crippen LogP contribution is -2.42. The van der Waals surface area contributed by atoms with Crippen LogP contribution >= 0.6 is 15.9 Å². The van der Waals surface area contributed by atoms with Crippen LogP contribution in [0.1, 0.15) is 25.7 Å². The second-order valence-corrected chi connectivity index (χ2v) is 5.56. The molecule has 0 spiro atoms. The third kappa shape index (κ3) is 2.94. The lowest BCUT2D eigenvalue weighted by atomic mass is 10.0. The smallest absolute Gasteiger partial charge is 0.236 e. The molecule has 86 valence electrons. The largest absolute Gasteiger partial charge is 0.381 e. The van der Waals surface area contributed by atoms with Crippen LogP contribution in [-0.4, -0.2) is 41.9 Å². The summed E-state index contributed by atoms with van der Waals surface area (Å²) in [5.41, 5.74) is 0. The minimum atomic E-state index is 0.0612. The van der Waals surface area contributed by atoms with Crippen molar-refractivity contribution >= 4 is 21.8 Å². The number of hydrogen-bond donors (Lipinski definition) is 0. The van der Waals surface area contributed by atoms with Crippen molar-refractivity contribution in [1.82, 2.24) is 4.90 Å². The topological polar surface area (TPSA) is 29.5 Å². The number of ether oxygens (including phenoxy) is 1. The Morgan fingerprint density at radius 1 is 1.47 bits per heavy atom. The van der Waals surface area contributed by atoms with Gasteiger partial charge >= 0.3 is 0 Å². The highest BCUT2D eigenvalue weighted by Gasteiger charge is 2.27. The Morgan fingerprint density at radius 2 is 2.33 bits per heavy atom. The van der Waals surface area contributed by atoms with Crippen molar-refractivity contribution in [1.29, 1.82) is 0 Å². The lowest BCUT2D eigenvalue weighted by Gasteiger charge is -2.30. The summed E-state index contributed by atoms with van der Waals surface area (Å²) in [6.45, 7) is 3.64. The van der Waals surface area contributed by atoms with Crippen molar-refractivity contribution in [3.63, 3.8) is 0 Å². The SMILES string of the molecule is O=C1C(Br)CCCN1CCC1CCOC1. The van der Waals surface area contributed by atoms with E-state index < -0.39 is 0 Å². The van der Waals surface area contributed by atoms with Gasteiger partial charge < -0.3 is 9.64 Å². The first-order valence-electron chi connectivity index (χ1n) is 5.78. The van der Waals surface area contributed by atoms with Gasteiger partial charge in [-0.1, -0.05) is 15.9 Å². The van der Waals surface area contributed by atoms with Crippen molar-refractivity contribution in [2.45, 2.75) is 30.5 Å². The fourth-order valence-corrected chi connectivity index (χ4v) is 2.88. The maximum atomic E-state index is 11.8. The monoisotopic (exact) mass is 275 g/mol. The summed E-state index contributed by atoms with van der Waals surface area (Å²) >= 11 is 3.43. The van der Waals surface area contributed by atoms with Crippen LogP contribution in [0.3, 0.4) is 0 Å². The highest BCUT2D eigenvalue weighted by atomic mass is 79.9. The Kier molecular flexibility index (Phi) is 4.03. The Bertz CT molecular complexity index is 229. The molecule has 2 fully saturated rings. The number of hydrogen-bond acceptors (Lipinski definition) is 2. The van der Waals surface area contributed by atoms with E-state index in [1.807, 2.05) is 4.90 Å². The molecule has 0 aliphatic carbocycles. The maximum absolute atomic E-state index is 11.8. The van der Waals surface area contributed by atoms with E-state index in [0.717, 1.165) is 45.6 Å². The van der Waals surface area contributed by atoms with Crippen LogP contribution in [0.25, 0.3) is 0 Å². The van der Waals surface area contributed by atoms with Crippen molar-refractivity contribution in [2.24, 2.45) is 5.92 Å². The van der Waals surface area contributed by atoms with Crippen molar-refractivity contribution < 1.29 is 9.53 Å². The molecule has 0 aromatic carbocycles. The van der Waals surface area contributed by atoms with E-state index in [2.05, 4.69) is 15.9 Å². The summed E-state index contributed by atoms with van der Waals surface area (Å²) in [6, 6.07) is 0. The molecule has 2 unspecified atom stereocenters. The van der Waals surface area contributed by atoms with Gasteiger partial charge in [-0.05, 0) is 31.6 Å². The van der Waals surface area contributed by atoms with E-state index in [-0.39, 0.29) is 10.7 Å². The van der Waals surface area contributed by atoms with E-state index in [1.54, 1.807) is 0 Å². The number of likely N-dealkylation sites (tertiary alicyclic amines) is 1. The molecule has 2 aliphatic rings. The van der Waals surface area contributed by atoms with E-state index >= 15 is 0 Å². The molecule has 0 N–H and O–H groups in total. The summed E-state index contributed by atoms with van der Waals surface area (Å²) < 4.78 is 5.33. The van der Waals surface area contributed by atoms with Gasteiger partial charge in [-0.3, -0.25) is 4.79 Å². The molecule has 2 rings (SSSR count). The van der Waals surface area contributed by atoms with Gasteiger partial charge in [0.25, 0.3) is 0 Å². The lowest BCUT2D eigenvalue weighted by molar-refractivity contribution is -0.132. The van der Waals surface area contributed by atoms with Gasteiger partial charge in [0.05, 0.1) is 4.83 Å². The van der Waals surface area contributed by atoms with Crippen LogP contribution < -0.4 is 0 Å². The van der Waals surface area contributed by atoms with Crippen molar-refractivity contribution in [3.8, 4) is 0 Å². The van der Waals surface area contributed by atoms with Gasteiger partial charge in [-0.25, -0.2) is 0 Å². The van der Waals surface area contributed by atoms with E-state index in [0.29, 0.717) is 5.92 Å². The molecule has 0 saturated carbocycles. The molecule has 1 amide bonds. The summed E-state index contributed by atoms with van der Waals surface area (Å²) in [5.74, 6) is 0.952. The number of amides is 1.